The van der Waals surface area contributed by atoms with Crippen molar-refractivity contribution in [2.75, 3.05) is 0 Å². The molecule has 0 amide bonds. The van der Waals surface area contributed by atoms with E-state index in [1.165, 1.54) is 48.5 Å². The number of benzene rings is 2. The first-order valence-electron chi connectivity index (χ1n) is 7.97. The molecule has 0 aliphatic rings. The van der Waals surface area contributed by atoms with Crippen LogP contribution in [0.25, 0.3) is 0 Å². The van der Waals surface area contributed by atoms with E-state index in [-0.39, 0.29) is 62.7 Å². The van der Waals surface area contributed by atoms with Gasteiger partial charge in [0.25, 0.3) is 0 Å². The van der Waals surface area contributed by atoms with Gasteiger partial charge in [-0.3, -0.25) is 9.13 Å². The third-order valence-electron chi connectivity index (χ3n) is 3.08. The molecular formula is C14H14Cu3O14P4. The molecule has 35 heavy (non-hydrogen) atoms. The van der Waals surface area contributed by atoms with Crippen LogP contribution in [0.5, 0.6) is 11.5 Å². The van der Waals surface area contributed by atoms with E-state index in [9.17, 15) is 47.6 Å². The average Bonchev–Trinajstić information content (AvgIpc) is 2.67. The fraction of sp³-hybridized carbons (Fsp3) is 0.143. The molecule has 0 aromatic heterocycles. The molecule has 2 aromatic rings. The van der Waals surface area contributed by atoms with Crippen molar-refractivity contribution in [3.05, 3.63) is 60.7 Å². The topological polar surface area (TPSA) is 266 Å². The minimum Gasteiger partial charge on any atom is -0.809 e. The van der Waals surface area contributed by atoms with Crippen molar-refractivity contribution >= 4 is 30.4 Å². The molecule has 21 heteroatoms. The maximum Gasteiger partial charge on any atom is 2.00 e. The molecule has 4 unspecified atom stereocenters. The molecule has 0 saturated carbocycles. The van der Waals surface area contributed by atoms with Gasteiger partial charge in [-0.1, -0.05) is 36.4 Å². The van der Waals surface area contributed by atoms with Crippen LogP contribution in [-0.4, -0.2) is 21.4 Å². The molecule has 207 valence electrons. The van der Waals surface area contributed by atoms with Crippen molar-refractivity contribution in [3.8, 4) is 11.5 Å². The maximum absolute atomic E-state index is 11.1. The molecule has 2 aromatic carbocycles. The Balaban J connectivity index is -0.000000539. The van der Waals surface area contributed by atoms with E-state index >= 15 is 0 Å². The first-order valence-corrected chi connectivity index (χ1v) is 14.4. The van der Waals surface area contributed by atoms with E-state index in [2.05, 4.69) is 9.05 Å². The second-order valence-corrected chi connectivity index (χ2v) is 13.1. The van der Waals surface area contributed by atoms with E-state index in [0.29, 0.717) is 0 Å². The zero-order valence-corrected chi connectivity index (χ0v) is 22.8. The molecule has 2 rings (SSSR count). The average molecular weight is 721 g/mol. The standard InChI is InChI=1S/2C7H10O7P2.3Cu/c2*8-7(15(9,10)11)16(12,13)14-6-4-2-1-3-5-6;;;/h2*1-5,7-8H,(H,12,13)(H2,9,10,11);;;/q;;3*+2/p-6. The molecule has 0 saturated heterocycles. The van der Waals surface area contributed by atoms with Crippen LogP contribution in [0.3, 0.4) is 0 Å². The third kappa shape index (κ3) is 14.1. The van der Waals surface area contributed by atoms with Gasteiger partial charge in [0, 0.05) is 0 Å². The first-order chi connectivity index (χ1) is 14.5. The van der Waals surface area contributed by atoms with Gasteiger partial charge in [-0.15, -0.1) is 0 Å². The van der Waals surface area contributed by atoms with Gasteiger partial charge < -0.3 is 57.8 Å². The third-order valence-corrected chi connectivity index (χ3v) is 9.67. The van der Waals surface area contributed by atoms with E-state index in [0.717, 1.165) is 0 Å². The predicted molar refractivity (Wildman–Crippen MR) is 96.6 cm³/mol. The SMILES string of the molecule is O=P([O-])([O-])C(O)P(=O)([O-])Oc1ccccc1.O=P([O-])([O-])C(O)P(=O)([O-])Oc1ccccc1.[Cu+2].[Cu+2].[Cu+2]. The minimum absolute atomic E-state index is 0. The number of hydrogen-bond acceptors (Lipinski definition) is 14. The summed E-state index contributed by atoms with van der Waals surface area (Å²) in [5.41, 5.74) is -6.17. The van der Waals surface area contributed by atoms with E-state index in [1.54, 1.807) is 12.1 Å². The fourth-order valence-corrected chi connectivity index (χ4v) is 5.77. The zero-order valence-electron chi connectivity index (χ0n) is 16.4. The van der Waals surface area contributed by atoms with E-state index in [1.807, 2.05) is 0 Å². The largest absolute Gasteiger partial charge is 2.00 e. The monoisotopic (exact) mass is 719 g/mol. The van der Waals surface area contributed by atoms with Crippen LogP contribution in [0.4, 0.5) is 0 Å². The predicted octanol–water partition coefficient (Wildman–Crippen LogP) is -2.39. The molecule has 0 aliphatic heterocycles. The molecule has 14 nitrogen and oxygen atoms in total. The van der Waals surface area contributed by atoms with Gasteiger partial charge in [-0.05, 0) is 39.5 Å². The van der Waals surface area contributed by atoms with E-state index < -0.39 is 41.6 Å². The maximum atomic E-state index is 11.1. The second-order valence-electron chi connectivity index (χ2n) is 5.66. The summed E-state index contributed by atoms with van der Waals surface area (Å²) in [6, 6.07) is 13.8. The summed E-state index contributed by atoms with van der Waals surface area (Å²) in [6.45, 7) is 0. The molecule has 0 fully saturated rings. The summed E-state index contributed by atoms with van der Waals surface area (Å²) < 4.78 is 51.5. The Labute approximate surface area is 230 Å². The number of rotatable bonds is 8. The van der Waals surface area contributed by atoms with Gasteiger partial charge in [0.15, 0.2) is 11.2 Å². The van der Waals surface area contributed by atoms with Crippen molar-refractivity contribution in [2.45, 2.75) is 11.2 Å². The summed E-state index contributed by atoms with van der Waals surface area (Å²) in [7, 11) is -21.7. The number of para-hydroxylation sites is 2. The summed E-state index contributed by atoms with van der Waals surface area (Å²) in [5.74, 6) is -0.373. The number of aliphatic hydroxyl groups excluding tert-OH is 2. The summed E-state index contributed by atoms with van der Waals surface area (Å²) in [4.78, 5) is 63.6. The molecule has 2 N–H and O–H groups in total. The summed E-state index contributed by atoms with van der Waals surface area (Å²) >= 11 is 0. The Morgan fingerprint density at radius 3 is 0.971 bits per heavy atom. The van der Waals surface area contributed by atoms with Gasteiger partial charge in [0.2, 0.25) is 15.2 Å². The van der Waals surface area contributed by atoms with Crippen LogP contribution >= 0.6 is 30.4 Å². The van der Waals surface area contributed by atoms with Gasteiger partial charge >= 0.3 is 51.2 Å². The van der Waals surface area contributed by atoms with Crippen LogP contribution < -0.4 is 38.4 Å². The van der Waals surface area contributed by atoms with Gasteiger partial charge in [-0.25, -0.2) is 0 Å². The van der Waals surface area contributed by atoms with Crippen molar-refractivity contribution in [1.82, 2.24) is 0 Å². The molecule has 4 atom stereocenters. The summed E-state index contributed by atoms with van der Waals surface area (Å²) in [6.07, 6.45) is 0. The molecule has 3 radical (unpaired) electrons. The Morgan fingerprint density at radius 1 is 0.543 bits per heavy atom. The van der Waals surface area contributed by atoms with Crippen LogP contribution in [-0.2, 0) is 69.5 Å². The smallest absolute Gasteiger partial charge is 0.809 e. The minimum atomic E-state index is -5.66. The van der Waals surface area contributed by atoms with Crippen LogP contribution in [0.15, 0.2) is 60.7 Å². The van der Waals surface area contributed by atoms with Crippen LogP contribution in [0, 0.1) is 0 Å². The van der Waals surface area contributed by atoms with Crippen molar-refractivity contribution in [2.24, 2.45) is 0 Å². The van der Waals surface area contributed by atoms with Crippen LogP contribution in [0.2, 0.25) is 0 Å². The van der Waals surface area contributed by atoms with Crippen molar-refractivity contribution in [3.63, 3.8) is 0 Å². The molecule has 0 aliphatic carbocycles. The van der Waals surface area contributed by atoms with Gasteiger partial charge in [0.1, 0.15) is 11.5 Å². The number of aliphatic hydroxyl groups is 2. The zero-order chi connectivity index (χ0) is 24.8. The normalized spacial score (nSPS) is 16.0. The molecular weight excluding hydrogens is 707 g/mol. The van der Waals surface area contributed by atoms with E-state index in [4.69, 9.17) is 10.2 Å². The molecule has 0 bridgehead atoms. The van der Waals surface area contributed by atoms with Crippen LogP contribution in [0.1, 0.15) is 0 Å². The molecule has 0 heterocycles. The van der Waals surface area contributed by atoms with Crippen molar-refractivity contribution in [1.29, 1.82) is 0 Å². The number of hydrogen-bond donors (Lipinski definition) is 2. The Bertz CT molecular complexity index is 979. The summed E-state index contributed by atoms with van der Waals surface area (Å²) in [5, 5.41) is 17.6. The second kappa shape index (κ2) is 16.2. The Morgan fingerprint density at radius 2 is 0.771 bits per heavy atom. The first kappa shape index (κ1) is 39.7. The van der Waals surface area contributed by atoms with Gasteiger partial charge in [0.05, 0.1) is 0 Å². The quantitative estimate of drug-likeness (QED) is 0.213. The Hall–Kier alpha value is 0.198. The fourth-order valence-electron chi connectivity index (χ4n) is 1.70. The van der Waals surface area contributed by atoms with Gasteiger partial charge in [-0.2, -0.15) is 0 Å². The molecule has 0 spiro atoms. The Kier molecular flexibility index (Phi) is 18.4. The van der Waals surface area contributed by atoms with Crippen molar-refractivity contribution < 1.29 is 118 Å².